The predicted octanol–water partition coefficient (Wildman–Crippen LogP) is 5.31. The normalized spacial score (nSPS) is 11.2. The van der Waals surface area contributed by atoms with Crippen LogP contribution in [0.2, 0.25) is 0 Å². The van der Waals surface area contributed by atoms with Gasteiger partial charge in [-0.3, -0.25) is 4.18 Å². The Bertz CT molecular complexity index is 474. The summed E-state index contributed by atoms with van der Waals surface area (Å²) >= 11 is 0. The zero-order chi connectivity index (χ0) is 16.1. The summed E-state index contributed by atoms with van der Waals surface area (Å²) < 4.78 is 28.8. The fraction of sp³-hybridized carbons (Fsp3) is 0.667. The first-order valence-corrected chi connectivity index (χ1v) is 10.0. The molecule has 23 heavy (non-hydrogen) atoms. The second kappa shape index (κ2) is 14.0. The maximum Gasteiger partial charge on any atom is 2.00 e. The Morgan fingerprint density at radius 2 is 1.26 bits per heavy atom. The first-order valence-electron chi connectivity index (χ1n) is 8.61. The van der Waals surface area contributed by atoms with Crippen LogP contribution in [-0.2, 0) is 31.4 Å². The molecule has 0 aromatic heterocycles. The fourth-order valence-electron chi connectivity index (χ4n) is 2.41. The molecular weight excluding hydrogens is 351 g/mol. The molecule has 0 aliphatic rings. The van der Waals surface area contributed by atoms with Gasteiger partial charge in [-0.1, -0.05) is 82.9 Å². The fourth-order valence-corrected chi connectivity index (χ4v) is 3.38. The van der Waals surface area contributed by atoms with E-state index in [4.69, 9.17) is 4.18 Å². The molecule has 0 aliphatic carbocycles. The van der Waals surface area contributed by atoms with E-state index in [1.54, 1.807) is 30.3 Å². The molecule has 5 heteroatoms. The van der Waals surface area contributed by atoms with Gasteiger partial charge in [-0.25, -0.2) is 0 Å². The molecule has 0 bridgehead atoms. The van der Waals surface area contributed by atoms with Crippen molar-refractivity contribution in [1.82, 2.24) is 0 Å². The minimum absolute atomic E-state index is 0. The molecule has 0 fully saturated rings. The summed E-state index contributed by atoms with van der Waals surface area (Å²) in [5.41, 5.74) is 0. The molecule has 131 valence electrons. The zero-order valence-electron chi connectivity index (χ0n) is 14.2. The van der Waals surface area contributed by atoms with Crippen LogP contribution in [0.1, 0.15) is 71.1 Å². The molecule has 1 rings (SSSR count). The van der Waals surface area contributed by atoms with E-state index >= 15 is 0 Å². The van der Waals surface area contributed by atoms with Crippen LogP contribution in [0, 0.1) is 0 Å². The maximum absolute atomic E-state index is 11.9. The molecule has 0 saturated heterocycles. The molecule has 0 N–H and O–H groups in total. The van der Waals surface area contributed by atoms with Crippen molar-refractivity contribution in [1.29, 1.82) is 0 Å². The number of unbranched alkanes of at least 4 members (excludes halogenated alkanes) is 9. The van der Waals surface area contributed by atoms with Gasteiger partial charge < -0.3 is 0 Å². The summed E-state index contributed by atoms with van der Waals surface area (Å²) in [4.78, 5) is 0.238. The van der Waals surface area contributed by atoms with Crippen molar-refractivity contribution in [2.75, 3.05) is 6.61 Å². The summed E-state index contributed by atoms with van der Waals surface area (Å²) in [6, 6.07) is 8.33. The van der Waals surface area contributed by atoms with Crippen LogP contribution < -0.4 is 0 Å². The Balaban J connectivity index is 0.00000484. The van der Waals surface area contributed by atoms with Crippen LogP contribution >= 0.6 is 0 Å². The summed E-state index contributed by atoms with van der Waals surface area (Å²) in [5, 5.41) is 0. The first-order chi connectivity index (χ1) is 10.7. The third-order valence-corrected chi connectivity index (χ3v) is 5.09. The Kier molecular flexibility index (Phi) is 13.8. The summed E-state index contributed by atoms with van der Waals surface area (Å²) in [5.74, 6) is 0. The smallest absolute Gasteiger partial charge is 0.266 e. The molecule has 0 unspecified atom stereocenters. The molecule has 0 saturated carbocycles. The monoisotopic (exact) mass is 381 g/mol. The predicted molar refractivity (Wildman–Crippen MR) is 91.4 cm³/mol. The van der Waals surface area contributed by atoms with Crippen LogP contribution in [0.25, 0.3) is 0 Å². The van der Waals surface area contributed by atoms with E-state index in [1.807, 2.05) is 0 Å². The van der Waals surface area contributed by atoms with E-state index in [9.17, 15) is 8.42 Å². The van der Waals surface area contributed by atoms with Gasteiger partial charge in [0.2, 0.25) is 0 Å². The van der Waals surface area contributed by atoms with Gasteiger partial charge >= 0.3 is 17.1 Å². The Labute approximate surface area is 152 Å². The molecule has 0 aliphatic heterocycles. The van der Waals surface area contributed by atoms with Gasteiger partial charge in [0.25, 0.3) is 10.1 Å². The van der Waals surface area contributed by atoms with E-state index in [2.05, 4.69) is 6.92 Å². The Morgan fingerprint density at radius 3 is 1.78 bits per heavy atom. The molecule has 0 heterocycles. The van der Waals surface area contributed by atoms with Crippen LogP contribution in [0.3, 0.4) is 0 Å². The van der Waals surface area contributed by atoms with Gasteiger partial charge in [0, 0.05) is 0 Å². The Morgan fingerprint density at radius 1 is 0.783 bits per heavy atom. The number of benzene rings is 1. The van der Waals surface area contributed by atoms with Crippen molar-refractivity contribution < 1.29 is 29.7 Å². The SMILES string of the molecule is CCCCCCCCCCCCOS(=O)(=O)c1ccccc1.[Mn+2]. The molecular formula is C18H30MnO3S+2. The largest absolute Gasteiger partial charge is 2.00 e. The third-order valence-electron chi connectivity index (χ3n) is 3.77. The maximum atomic E-state index is 11.9. The Hall–Kier alpha value is -0.351. The van der Waals surface area contributed by atoms with Crippen molar-refractivity contribution in [3.63, 3.8) is 0 Å². The molecule has 0 amide bonds. The van der Waals surface area contributed by atoms with Gasteiger partial charge in [0.05, 0.1) is 11.5 Å². The average molecular weight is 381 g/mol. The van der Waals surface area contributed by atoms with Crippen LogP contribution in [0.15, 0.2) is 35.2 Å². The second-order valence-corrected chi connectivity index (χ2v) is 7.39. The van der Waals surface area contributed by atoms with Gasteiger partial charge in [-0.05, 0) is 18.6 Å². The second-order valence-electron chi connectivity index (χ2n) is 5.77. The summed E-state index contributed by atoms with van der Waals surface area (Å²) in [7, 11) is -3.57. The number of rotatable bonds is 13. The van der Waals surface area contributed by atoms with E-state index in [0.29, 0.717) is 0 Å². The third kappa shape index (κ3) is 10.9. The quantitative estimate of drug-likeness (QED) is 0.264. The van der Waals surface area contributed by atoms with Crippen molar-refractivity contribution in [2.24, 2.45) is 0 Å². The molecule has 3 nitrogen and oxygen atoms in total. The standard InChI is InChI=1S/C18H30O3S.Mn/c1-2-3-4-5-6-7-8-9-10-14-17-21-22(19,20)18-15-12-11-13-16-18;/h11-13,15-16H,2-10,14,17H2,1H3;/q;+2. The van der Waals surface area contributed by atoms with Gasteiger partial charge in [0.1, 0.15) is 0 Å². The van der Waals surface area contributed by atoms with Crippen molar-refractivity contribution in [3.05, 3.63) is 30.3 Å². The van der Waals surface area contributed by atoms with Crippen molar-refractivity contribution in [2.45, 2.75) is 76.0 Å². The molecule has 0 spiro atoms. The molecule has 0 atom stereocenters. The van der Waals surface area contributed by atoms with Gasteiger partial charge in [-0.2, -0.15) is 8.42 Å². The molecule has 1 radical (unpaired) electrons. The number of hydrogen-bond donors (Lipinski definition) is 0. The topological polar surface area (TPSA) is 43.4 Å². The van der Waals surface area contributed by atoms with E-state index < -0.39 is 10.1 Å². The van der Waals surface area contributed by atoms with Crippen LogP contribution in [0.5, 0.6) is 0 Å². The number of hydrogen-bond acceptors (Lipinski definition) is 3. The minimum Gasteiger partial charge on any atom is -0.266 e. The van der Waals surface area contributed by atoms with E-state index in [1.165, 1.54) is 51.4 Å². The zero-order valence-corrected chi connectivity index (χ0v) is 16.2. The van der Waals surface area contributed by atoms with Crippen LogP contribution in [0.4, 0.5) is 0 Å². The molecule has 1 aromatic carbocycles. The summed E-state index contributed by atoms with van der Waals surface area (Å²) in [6.45, 7) is 2.52. The van der Waals surface area contributed by atoms with Gasteiger partial charge in [-0.15, -0.1) is 0 Å². The van der Waals surface area contributed by atoms with E-state index in [-0.39, 0.29) is 28.6 Å². The summed E-state index contributed by atoms with van der Waals surface area (Å²) in [6.07, 6.45) is 12.3. The van der Waals surface area contributed by atoms with Crippen molar-refractivity contribution >= 4 is 10.1 Å². The van der Waals surface area contributed by atoms with Crippen LogP contribution in [-0.4, -0.2) is 15.0 Å². The average Bonchev–Trinajstić information content (AvgIpc) is 2.53. The minimum atomic E-state index is -3.57. The van der Waals surface area contributed by atoms with Gasteiger partial charge in [0.15, 0.2) is 0 Å². The van der Waals surface area contributed by atoms with E-state index in [0.717, 1.165) is 12.8 Å². The molecule has 1 aromatic rings. The first kappa shape index (κ1) is 22.6. The van der Waals surface area contributed by atoms with Crippen molar-refractivity contribution in [3.8, 4) is 0 Å².